The molecule has 18 heavy (non-hydrogen) atoms. The molecule has 0 aromatic carbocycles. The molecule has 98 valence electrons. The van der Waals surface area contributed by atoms with Crippen LogP contribution in [0.3, 0.4) is 0 Å². The van der Waals surface area contributed by atoms with Crippen LogP contribution in [-0.2, 0) is 4.74 Å². The Morgan fingerprint density at radius 1 is 1.61 bits per heavy atom. The fraction of sp³-hybridized carbons (Fsp3) is 0.583. The molecule has 0 radical (unpaired) electrons. The maximum Gasteiger partial charge on any atom is 0.311 e. The molecule has 2 unspecified atom stereocenters. The predicted molar refractivity (Wildman–Crippen MR) is 67.7 cm³/mol. The highest BCUT2D eigenvalue weighted by Gasteiger charge is 2.30. The van der Waals surface area contributed by atoms with E-state index in [0.29, 0.717) is 18.3 Å². The zero-order chi connectivity index (χ0) is 13.1. The Kier molecular flexibility index (Phi) is 3.76. The van der Waals surface area contributed by atoms with Crippen LogP contribution in [0.15, 0.2) is 18.3 Å². The molecule has 1 aliphatic rings. The Labute approximate surface area is 106 Å². The Bertz CT molecular complexity index is 438. The molecule has 6 nitrogen and oxygen atoms in total. The maximum absolute atomic E-state index is 11.0. The normalized spacial score (nSPS) is 24.0. The average molecular weight is 251 g/mol. The summed E-state index contributed by atoms with van der Waals surface area (Å²) in [5.74, 6) is 0.908. The van der Waals surface area contributed by atoms with Gasteiger partial charge >= 0.3 is 5.69 Å². The molecule has 2 heterocycles. The van der Waals surface area contributed by atoms with Crippen LogP contribution in [0.5, 0.6) is 0 Å². The Balaban J connectivity index is 2.24. The van der Waals surface area contributed by atoms with Gasteiger partial charge in [-0.25, -0.2) is 4.98 Å². The molecule has 1 aromatic rings. The smallest absolute Gasteiger partial charge is 0.311 e. The second kappa shape index (κ2) is 5.30. The summed E-state index contributed by atoms with van der Waals surface area (Å²) in [6, 6.07) is 3.07. The number of aromatic nitrogens is 1. The van der Waals surface area contributed by atoms with E-state index in [1.54, 1.807) is 19.4 Å². The molecular formula is C12H17N3O3. The molecular weight excluding hydrogens is 234 g/mol. The van der Waals surface area contributed by atoms with Gasteiger partial charge in [0.15, 0.2) is 0 Å². The molecule has 6 heteroatoms. The molecule has 2 rings (SSSR count). The number of ether oxygens (including phenoxy) is 1. The number of methoxy groups -OCH3 is 1. The highest BCUT2D eigenvalue weighted by Crippen LogP contribution is 2.29. The van der Waals surface area contributed by atoms with Gasteiger partial charge in [0.05, 0.1) is 11.0 Å². The first-order valence-electron chi connectivity index (χ1n) is 6.00. The van der Waals surface area contributed by atoms with Gasteiger partial charge in [0, 0.05) is 32.5 Å². The third-order valence-electron chi connectivity index (χ3n) is 3.45. The minimum Gasteiger partial charge on any atom is -0.379 e. The first kappa shape index (κ1) is 12.8. The Morgan fingerprint density at radius 2 is 2.39 bits per heavy atom. The van der Waals surface area contributed by atoms with E-state index in [9.17, 15) is 10.1 Å². The van der Waals surface area contributed by atoms with Crippen molar-refractivity contribution in [2.24, 2.45) is 5.92 Å². The maximum atomic E-state index is 11.0. The molecule has 1 aromatic heterocycles. The van der Waals surface area contributed by atoms with E-state index in [4.69, 9.17) is 4.74 Å². The van der Waals surface area contributed by atoms with E-state index < -0.39 is 0 Å². The molecule has 0 bridgehead atoms. The fourth-order valence-electron chi connectivity index (χ4n) is 2.31. The van der Waals surface area contributed by atoms with Crippen LogP contribution >= 0.6 is 0 Å². The van der Waals surface area contributed by atoms with Gasteiger partial charge in [-0.1, -0.05) is 6.92 Å². The molecule has 0 saturated carbocycles. The van der Waals surface area contributed by atoms with Crippen molar-refractivity contribution in [3.05, 3.63) is 28.4 Å². The van der Waals surface area contributed by atoms with Crippen LogP contribution in [0.2, 0.25) is 0 Å². The quantitative estimate of drug-likeness (QED) is 0.605. The second-order valence-electron chi connectivity index (χ2n) is 4.59. The minimum absolute atomic E-state index is 0.0573. The lowest BCUT2D eigenvalue weighted by Crippen LogP contribution is -2.44. The van der Waals surface area contributed by atoms with E-state index in [2.05, 4.69) is 11.9 Å². The summed E-state index contributed by atoms with van der Waals surface area (Å²) >= 11 is 0. The van der Waals surface area contributed by atoms with Gasteiger partial charge in [0.1, 0.15) is 0 Å². The average Bonchev–Trinajstić information content (AvgIpc) is 2.39. The topological polar surface area (TPSA) is 68.5 Å². The number of hydrogen-bond acceptors (Lipinski definition) is 5. The third kappa shape index (κ3) is 2.43. The van der Waals surface area contributed by atoms with Gasteiger partial charge in [0.25, 0.3) is 0 Å². The van der Waals surface area contributed by atoms with Crippen molar-refractivity contribution >= 4 is 11.5 Å². The molecule has 0 amide bonds. The van der Waals surface area contributed by atoms with Gasteiger partial charge < -0.3 is 9.64 Å². The van der Waals surface area contributed by atoms with E-state index in [1.807, 2.05) is 4.90 Å². The van der Waals surface area contributed by atoms with Crippen molar-refractivity contribution in [3.8, 4) is 0 Å². The summed E-state index contributed by atoms with van der Waals surface area (Å²) < 4.78 is 5.42. The fourth-order valence-corrected chi connectivity index (χ4v) is 2.31. The van der Waals surface area contributed by atoms with E-state index in [-0.39, 0.29) is 16.7 Å². The second-order valence-corrected chi connectivity index (χ2v) is 4.59. The number of nitrogens with zero attached hydrogens (tertiary/aromatic N) is 3. The van der Waals surface area contributed by atoms with E-state index in [0.717, 1.165) is 13.0 Å². The van der Waals surface area contributed by atoms with Gasteiger partial charge in [-0.3, -0.25) is 10.1 Å². The molecule has 0 aliphatic carbocycles. The van der Waals surface area contributed by atoms with Crippen LogP contribution in [0.25, 0.3) is 0 Å². The first-order chi connectivity index (χ1) is 8.63. The van der Waals surface area contributed by atoms with E-state index >= 15 is 0 Å². The van der Waals surface area contributed by atoms with Crippen molar-refractivity contribution in [1.82, 2.24) is 4.98 Å². The number of piperidine rings is 1. The van der Waals surface area contributed by atoms with Crippen LogP contribution in [-0.4, -0.2) is 36.2 Å². The van der Waals surface area contributed by atoms with Gasteiger partial charge in [-0.2, -0.15) is 0 Å². The van der Waals surface area contributed by atoms with Crippen molar-refractivity contribution in [1.29, 1.82) is 0 Å². The largest absolute Gasteiger partial charge is 0.379 e. The highest BCUT2D eigenvalue weighted by atomic mass is 16.6. The van der Waals surface area contributed by atoms with Crippen molar-refractivity contribution < 1.29 is 9.66 Å². The van der Waals surface area contributed by atoms with Gasteiger partial charge in [-0.05, 0) is 18.4 Å². The highest BCUT2D eigenvalue weighted by molar-refractivity contribution is 5.57. The zero-order valence-electron chi connectivity index (χ0n) is 10.6. The zero-order valence-corrected chi connectivity index (χ0v) is 10.6. The standard InChI is InChI=1S/C12H17N3O3/c1-9-5-7-14(8-11(9)18-2)12-10(15(16)17)4-3-6-13-12/h3-4,6,9,11H,5,7-8H2,1-2H3. The van der Waals surface area contributed by atoms with Gasteiger partial charge in [0.2, 0.25) is 5.82 Å². The minimum atomic E-state index is -0.387. The summed E-state index contributed by atoms with van der Waals surface area (Å²) in [5.41, 5.74) is 0.0573. The van der Waals surface area contributed by atoms with Crippen molar-refractivity contribution in [3.63, 3.8) is 0 Å². The molecule has 0 spiro atoms. The molecule has 1 aliphatic heterocycles. The Morgan fingerprint density at radius 3 is 3.06 bits per heavy atom. The van der Waals surface area contributed by atoms with Crippen LogP contribution in [0, 0.1) is 16.0 Å². The lowest BCUT2D eigenvalue weighted by molar-refractivity contribution is -0.384. The summed E-state index contributed by atoms with van der Waals surface area (Å²) in [4.78, 5) is 16.7. The van der Waals surface area contributed by atoms with Crippen LogP contribution < -0.4 is 4.90 Å². The van der Waals surface area contributed by atoms with Crippen molar-refractivity contribution in [2.45, 2.75) is 19.4 Å². The lowest BCUT2D eigenvalue weighted by atomic mass is 9.96. The molecule has 1 fully saturated rings. The number of anilines is 1. The summed E-state index contributed by atoms with van der Waals surface area (Å²) in [5, 5.41) is 11.0. The van der Waals surface area contributed by atoms with E-state index in [1.165, 1.54) is 6.07 Å². The predicted octanol–water partition coefficient (Wildman–Crippen LogP) is 1.85. The van der Waals surface area contributed by atoms with Gasteiger partial charge in [-0.15, -0.1) is 0 Å². The number of pyridine rings is 1. The molecule has 1 saturated heterocycles. The molecule has 0 N–H and O–H groups in total. The van der Waals surface area contributed by atoms with Crippen molar-refractivity contribution in [2.75, 3.05) is 25.1 Å². The monoisotopic (exact) mass is 251 g/mol. The SMILES string of the molecule is COC1CN(c2ncccc2[N+](=O)[O-])CCC1C. The first-order valence-corrected chi connectivity index (χ1v) is 6.00. The summed E-state index contributed by atoms with van der Waals surface area (Å²) in [6.45, 7) is 3.56. The van der Waals surface area contributed by atoms with Crippen LogP contribution in [0.1, 0.15) is 13.3 Å². The van der Waals surface area contributed by atoms with Crippen LogP contribution in [0.4, 0.5) is 11.5 Å². The summed E-state index contributed by atoms with van der Waals surface area (Å²) in [7, 11) is 1.68. The number of rotatable bonds is 3. The summed E-state index contributed by atoms with van der Waals surface area (Å²) in [6.07, 6.45) is 2.63. The Hall–Kier alpha value is -1.69. The lowest BCUT2D eigenvalue weighted by Gasteiger charge is -2.36. The number of nitro groups is 1. The molecule has 2 atom stereocenters. The number of hydrogen-bond donors (Lipinski definition) is 0. The third-order valence-corrected chi connectivity index (χ3v) is 3.45.